The Balaban J connectivity index is 1.70. The van der Waals surface area contributed by atoms with Gasteiger partial charge in [-0.25, -0.2) is 0 Å². The third kappa shape index (κ3) is 2.74. The Morgan fingerprint density at radius 3 is 2.41 bits per heavy atom. The molecule has 0 saturated heterocycles. The second-order valence-electron chi connectivity index (χ2n) is 8.22. The largest absolute Gasteiger partial charge is 0.384 e. The first-order valence-corrected chi connectivity index (χ1v) is 10.7. The number of aryl methyl sites for hydroxylation is 2. The molecule has 2 aliphatic heterocycles. The Bertz CT molecular complexity index is 1380. The first-order valence-electron chi connectivity index (χ1n) is 10.7. The number of fused-ring (bicyclic) bond motifs is 6. The monoisotopic (exact) mass is 376 g/mol. The predicted octanol–water partition coefficient (Wildman–Crippen LogP) is 4.75. The second kappa shape index (κ2) is 6.73. The predicted molar refractivity (Wildman–Crippen MR) is 122 cm³/mol. The molecule has 2 nitrogen and oxygen atoms in total. The van der Waals surface area contributed by atoms with Crippen LogP contribution in [0.15, 0.2) is 65.7 Å². The SMILES string of the molecule is C(/c1cc2c(c3ccccc13)NCCC2)=c1/cc2c(c3ccccc13)=NCCC2. The van der Waals surface area contributed by atoms with Crippen LogP contribution in [0, 0.1) is 0 Å². The molecule has 0 bridgehead atoms. The van der Waals surface area contributed by atoms with Crippen LogP contribution >= 0.6 is 0 Å². The van der Waals surface area contributed by atoms with Crippen molar-refractivity contribution in [3.63, 3.8) is 0 Å². The maximum atomic E-state index is 4.85. The molecule has 6 rings (SSSR count). The normalized spacial score (nSPS) is 16.2. The summed E-state index contributed by atoms with van der Waals surface area (Å²) >= 11 is 0. The number of nitrogens with one attached hydrogen (secondary N) is 1. The fourth-order valence-corrected chi connectivity index (χ4v) is 5.05. The minimum Gasteiger partial charge on any atom is -0.384 e. The Morgan fingerprint density at radius 1 is 0.759 bits per heavy atom. The lowest BCUT2D eigenvalue weighted by molar-refractivity contribution is 0.773. The number of rotatable bonds is 1. The Kier molecular flexibility index (Phi) is 3.90. The highest BCUT2D eigenvalue weighted by Gasteiger charge is 2.14. The van der Waals surface area contributed by atoms with E-state index in [2.05, 4.69) is 72.1 Å². The molecule has 0 aromatic heterocycles. The summed E-state index contributed by atoms with van der Waals surface area (Å²) < 4.78 is 0. The van der Waals surface area contributed by atoms with Crippen molar-refractivity contribution in [3.05, 3.63) is 87.9 Å². The van der Waals surface area contributed by atoms with Crippen LogP contribution in [0.3, 0.4) is 0 Å². The molecule has 0 aliphatic carbocycles. The summed E-state index contributed by atoms with van der Waals surface area (Å²) in [7, 11) is 0. The van der Waals surface area contributed by atoms with E-state index in [9.17, 15) is 0 Å². The van der Waals surface area contributed by atoms with Gasteiger partial charge in [-0.05, 0) is 76.6 Å². The minimum atomic E-state index is 0.947. The summed E-state index contributed by atoms with van der Waals surface area (Å²) in [5.41, 5.74) is 5.49. The van der Waals surface area contributed by atoms with Crippen LogP contribution in [-0.4, -0.2) is 13.1 Å². The second-order valence-corrected chi connectivity index (χ2v) is 8.22. The molecule has 2 heterocycles. The summed E-state index contributed by atoms with van der Waals surface area (Å²) in [4.78, 5) is 4.85. The lowest BCUT2D eigenvalue weighted by atomic mass is 9.92. The van der Waals surface area contributed by atoms with Gasteiger partial charge in [0.05, 0.1) is 5.36 Å². The van der Waals surface area contributed by atoms with Gasteiger partial charge in [0.2, 0.25) is 0 Å². The average molecular weight is 377 g/mol. The summed E-state index contributed by atoms with van der Waals surface area (Å²) in [5.74, 6) is 0. The number of nitrogens with zero attached hydrogens (tertiary/aromatic N) is 1. The van der Waals surface area contributed by atoms with E-state index in [0.717, 1.165) is 32.4 Å². The van der Waals surface area contributed by atoms with Gasteiger partial charge in [0, 0.05) is 29.5 Å². The van der Waals surface area contributed by atoms with E-state index in [1.54, 1.807) is 0 Å². The maximum absolute atomic E-state index is 4.85. The van der Waals surface area contributed by atoms with Gasteiger partial charge in [0.15, 0.2) is 0 Å². The van der Waals surface area contributed by atoms with Gasteiger partial charge in [-0.2, -0.15) is 0 Å². The number of anilines is 1. The molecule has 29 heavy (non-hydrogen) atoms. The van der Waals surface area contributed by atoms with Gasteiger partial charge in [-0.3, -0.25) is 4.99 Å². The molecule has 0 unspecified atom stereocenters. The lowest BCUT2D eigenvalue weighted by Crippen LogP contribution is -2.22. The molecular weight excluding hydrogens is 352 g/mol. The lowest BCUT2D eigenvalue weighted by Gasteiger charge is -2.21. The molecule has 0 atom stereocenters. The fourth-order valence-electron chi connectivity index (χ4n) is 5.05. The van der Waals surface area contributed by atoms with Crippen molar-refractivity contribution < 1.29 is 0 Å². The van der Waals surface area contributed by atoms with Gasteiger partial charge in [0.1, 0.15) is 0 Å². The molecule has 0 saturated carbocycles. The van der Waals surface area contributed by atoms with E-state index in [-0.39, 0.29) is 0 Å². The van der Waals surface area contributed by atoms with Crippen LogP contribution in [0.25, 0.3) is 27.6 Å². The van der Waals surface area contributed by atoms with Gasteiger partial charge < -0.3 is 5.32 Å². The highest BCUT2D eigenvalue weighted by atomic mass is 14.9. The van der Waals surface area contributed by atoms with Crippen molar-refractivity contribution in [3.8, 4) is 0 Å². The summed E-state index contributed by atoms with van der Waals surface area (Å²) in [6, 6.07) is 22.4. The maximum Gasteiger partial charge on any atom is 0.0685 e. The topological polar surface area (TPSA) is 24.4 Å². The smallest absolute Gasteiger partial charge is 0.0685 e. The van der Waals surface area contributed by atoms with Gasteiger partial charge in [-0.1, -0.05) is 48.5 Å². The molecule has 0 radical (unpaired) electrons. The minimum absolute atomic E-state index is 0.947. The molecular formula is C27H24N2. The Hall–Kier alpha value is -3.13. The van der Waals surface area contributed by atoms with Crippen LogP contribution in [-0.2, 0) is 12.8 Å². The van der Waals surface area contributed by atoms with Crippen molar-refractivity contribution in [1.29, 1.82) is 0 Å². The number of hydrogen-bond donors (Lipinski definition) is 1. The number of hydrogen-bond acceptors (Lipinski definition) is 2. The Morgan fingerprint density at radius 2 is 1.52 bits per heavy atom. The van der Waals surface area contributed by atoms with Crippen molar-refractivity contribution in [2.75, 3.05) is 18.4 Å². The average Bonchev–Trinajstić information content (AvgIpc) is 2.79. The highest BCUT2D eigenvalue weighted by Crippen LogP contribution is 2.34. The standard InChI is InChI=1S/C27H24N2/c1-3-11-24-22(9-1)20(15-18-7-5-13-28-26(18)24)17-21-16-19-8-6-14-29-27(19)25-12-4-2-10-23(21)25/h1-4,9-12,15-17,28H,5-8,13-14H2/b21-17+. The highest BCUT2D eigenvalue weighted by molar-refractivity contribution is 6.01. The van der Waals surface area contributed by atoms with Crippen LogP contribution in [0.5, 0.6) is 0 Å². The zero-order chi connectivity index (χ0) is 19.2. The third-order valence-electron chi connectivity index (χ3n) is 6.40. The first-order chi connectivity index (χ1) is 14.4. The third-order valence-corrected chi connectivity index (χ3v) is 6.40. The van der Waals surface area contributed by atoms with Crippen LogP contribution < -0.4 is 15.9 Å². The van der Waals surface area contributed by atoms with E-state index in [1.165, 1.54) is 60.9 Å². The molecule has 0 fully saturated rings. The molecule has 0 spiro atoms. The fraction of sp³-hybridized carbons (Fsp3) is 0.222. The van der Waals surface area contributed by atoms with Gasteiger partial charge in [-0.15, -0.1) is 0 Å². The van der Waals surface area contributed by atoms with Crippen molar-refractivity contribution in [2.45, 2.75) is 25.7 Å². The molecule has 142 valence electrons. The molecule has 2 heteroatoms. The molecule has 1 N–H and O–H groups in total. The molecule has 4 aromatic rings. The first kappa shape index (κ1) is 16.8. The Labute approximate surface area is 170 Å². The summed E-state index contributed by atoms with van der Waals surface area (Å²) in [6.45, 7) is 2.02. The van der Waals surface area contributed by atoms with E-state index < -0.39 is 0 Å². The van der Waals surface area contributed by atoms with Gasteiger partial charge in [0.25, 0.3) is 0 Å². The van der Waals surface area contributed by atoms with Crippen molar-refractivity contribution >= 4 is 33.3 Å². The zero-order valence-electron chi connectivity index (χ0n) is 16.5. The molecule has 0 amide bonds. The van der Waals surface area contributed by atoms with Crippen LogP contribution in [0.2, 0.25) is 0 Å². The van der Waals surface area contributed by atoms with E-state index in [1.807, 2.05) is 0 Å². The van der Waals surface area contributed by atoms with E-state index >= 15 is 0 Å². The summed E-state index contributed by atoms with van der Waals surface area (Å²) in [5, 5.41) is 11.4. The van der Waals surface area contributed by atoms with E-state index in [4.69, 9.17) is 4.99 Å². The van der Waals surface area contributed by atoms with Crippen LogP contribution in [0.4, 0.5) is 5.69 Å². The van der Waals surface area contributed by atoms with Crippen LogP contribution in [0.1, 0.15) is 29.5 Å². The van der Waals surface area contributed by atoms with Crippen molar-refractivity contribution in [2.24, 2.45) is 4.99 Å². The molecule has 4 aromatic carbocycles. The molecule has 2 aliphatic rings. The number of benzene rings is 4. The quantitative estimate of drug-likeness (QED) is 0.510. The van der Waals surface area contributed by atoms with E-state index in [0.29, 0.717) is 0 Å². The van der Waals surface area contributed by atoms with Gasteiger partial charge >= 0.3 is 0 Å². The van der Waals surface area contributed by atoms with Crippen molar-refractivity contribution in [1.82, 2.24) is 0 Å². The zero-order valence-corrected chi connectivity index (χ0v) is 16.5. The summed E-state index contributed by atoms with van der Waals surface area (Å²) in [6.07, 6.45) is 7.03.